The average molecular weight is 358 g/mol. The molecule has 0 amide bonds. The molecule has 0 aliphatic carbocycles. The first-order valence-corrected chi connectivity index (χ1v) is 7.51. The van der Waals surface area contributed by atoms with Crippen molar-refractivity contribution in [2.24, 2.45) is 12.9 Å². The standard InChI is InChI=1S/C14H18BrClN4/c1-8-6-10(15)4-5-11(8)12(18-17)7-13-14(16)9(2)19-20(13)3/h4-6,12,18H,7,17H2,1-3H3. The van der Waals surface area contributed by atoms with Crippen LogP contribution in [-0.2, 0) is 13.5 Å². The fourth-order valence-electron chi connectivity index (χ4n) is 2.38. The normalized spacial score (nSPS) is 12.7. The number of hydrogen-bond donors (Lipinski definition) is 2. The number of benzene rings is 1. The maximum atomic E-state index is 6.31. The Hall–Kier alpha value is -0.880. The van der Waals surface area contributed by atoms with Crippen molar-refractivity contribution in [2.45, 2.75) is 26.3 Å². The zero-order valence-electron chi connectivity index (χ0n) is 11.7. The SMILES string of the molecule is Cc1cc(Br)ccc1C(Cc1c(Cl)c(C)nn1C)NN. The molecule has 0 fully saturated rings. The maximum Gasteiger partial charge on any atom is 0.0847 e. The molecule has 0 bridgehead atoms. The van der Waals surface area contributed by atoms with Crippen molar-refractivity contribution >= 4 is 27.5 Å². The zero-order valence-corrected chi connectivity index (χ0v) is 14.1. The van der Waals surface area contributed by atoms with Gasteiger partial charge >= 0.3 is 0 Å². The summed E-state index contributed by atoms with van der Waals surface area (Å²) in [6, 6.07) is 6.16. The third-order valence-corrected chi connectivity index (χ3v) is 4.45. The number of aromatic nitrogens is 2. The van der Waals surface area contributed by atoms with Crippen LogP contribution in [0.2, 0.25) is 5.02 Å². The lowest BCUT2D eigenvalue weighted by Gasteiger charge is -2.19. The molecule has 2 aromatic rings. The van der Waals surface area contributed by atoms with Gasteiger partial charge < -0.3 is 0 Å². The first kappa shape index (κ1) is 15.5. The zero-order chi connectivity index (χ0) is 14.9. The fourth-order valence-corrected chi connectivity index (χ4v) is 3.10. The minimum Gasteiger partial charge on any atom is -0.271 e. The van der Waals surface area contributed by atoms with Crippen LogP contribution in [0.1, 0.15) is 28.6 Å². The largest absolute Gasteiger partial charge is 0.271 e. The predicted octanol–water partition coefficient (Wildman–Crippen LogP) is 3.20. The molecule has 20 heavy (non-hydrogen) atoms. The number of halogens is 2. The van der Waals surface area contributed by atoms with E-state index in [0.29, 0.717) is 11.4 Å². The van der Waals surface area contributed by atoms with Crippen molar-refractivity contribution in [3.8, 4) is 0 Å². The Kier molecular flexibility index (Phi) is 4.86. The Morgan fingerprint density at radius 2 is 2.15 bits per heavy atom. The highest BCUT2D eigenvalue weighted by molar-refractivity contribution is 9.10. The monoisotopic (exact) mass is 356 g/mol. The smallest absolute Gasteiger partial charge is 0.0847 e. The molecule has 2 rings (SSSR count). The average Bonchev–Trinajstić information content (AvgIpc) is 2.62. The molecule has 4 nitrogen and oxygen atoms in total. The highest BCUT2D eigenvalue weighted by atomic mass is 79.9. The molecule has 1 atom stereocenters. The third-order valence-electron chi connectivity index (χ3n) is 3.47. The van der Waals surface area contributed by atoms with Gasteiger partial charge in [-0.1, -0.05) is 33.6 Å². The van der Waals surface area contributed by atoms with Gasteiger partial charge in [-0.25, -0.2) is 0 Å². The highest BCUT2D eigenvalue weighted by Gasteiger charge is 2.19. The van der Waals surface area contributed by atoms with Gasteiger partial charge in [0, 0.05) is 17.9 Å². The van der Waals surface area contributed by atoms with Gasteiger partial charge in [0.25, 0.3) is 0 Å². The predicted molar refractivity (Wildman–Crippen MR) is 85.6 cm³/mol. The van der Waals surface area contributed by atoms with Gasteiger partial charge in [0.1, 0.15) is 0 Å². The Balaban J connectivity index is 2.33. The van der Waals surface area contributed by atoms with Gasteiger partial charge in [-0.2, -0.15) is 5.10 Å². The quantitative estimate of drug-likeness (QED) is 0.652. The van der Waals surface area contributed by atoms with E-state index in [1.807, 2.05) is 24.7 Å². The summed E-state index contributed by atoms with van der Waals surface area (Å²) in [7, 11) is 1.90. The summed E-state index contributed by atoms with van der Waals surface area (Å²) in [6.07, 6.45) is 0.690. The van der Waals surface area contributed by atoms with Crippen LogP contribution < -0.4 is 11.3 Å². The molecule has 1 unspecified atom stereocenters. The summed E-state index contributed by atoms with van der Waals surface area (Å²) in [5, 5.41) is 5.05. The summed E-state index contributed by atoms with van der Waals surface area (Å²) < 4.78 is 2.87. The molecule has 0 aliphatic rings. The summed E-state index contributed by atoms with van der Waals surface area (Å²) in [5.74, 6) is 5.73. The maximum absolute atomic E-state index is 6.31. The second-order valence-corrected chi connectivity index (χ2v) is 6.19. The third kappa shape index (κ3) is 3.06. The summed E-state index contributed by atoms with van der Waals surface area (Å²) >= 11 is 9.78. The molecule has 1 aromatic heterocycles. The molecule has 0 saturated heterocycles. The van der Waals surface area contributed by atoms with Gasteiger partial charge in [0.2, 0.25) is 0 Å². The summed E-state index contributed by atoms with van der Waals surface area (Å²) in [6.45, 7) is 3.97. The number of nitrogens with one attached hydrogen (secondary N) is 1. The van der Waals surface area contributed by atoms with Gasteiger partial charge in [-0.15, -0.1) is 0 Å². The molecule has 108 valence electrons. The van der Waals surface area contributed by atoms with E-state index in [1.54, 1.807) is 0 Å². The van der Waals surface area contributed by atoms with E-state index >= 15 is 0 Å². The second-order valence-electron chi connectivity index (χ2n) is 4.89. The molecule has 0 aliphatic heterocycles. The van der Waals surface area contributed by atoms with Crippen LogP contribution in [0.4, 0.5) is 0 Å². The Labute approximate surface area is 132 Å². The highest BCUT2D eigenvalue weighted by Crippen LogP contribution is 2.28. The van der Waals surface area contributed by atoms with Crippen molar-refractivity contribution in [3.63, 3.8) is 0 Å². The minimum atomic E-state index is -0.00426. The molecular formula is C14H18BrClN4. The molecule has 6 heteroatoms. The molecule has 0 saturated carbocycles. The van der Waals surface area contributed by atoms with E-state index in [2.05, 4.69) is 45.5 Å². The van der Waals surface area contributed by atoms with Gasteiger partial charge in [0.15, 0.2) is 0 Å². The molecule has 0 radical (unpaired) electrons. The van der Waals surface area contributed by atoms with E-state index < -0.39 is 0 Å². The van der Waals surface area contributed by atoms with Crippen molar-refractivity contribution in [1.82, 2.24) is 15.2 Å². The lowest BCUT2D eigenvalue weighted by Crippen LogP contribution is -2.30. The first-order valence-electron chi connectivity index (χ1n) is 6.34. The summed E-state index contributed by atoms with van der Waals surface area (Å²) in [5.41, 5.74) is 7.03. The van der Waals surface area contributed by atoms with Crippen molar-refractivity contribution < 1.29 is 0 Å². The lowest BCUT2D eigenvalue weighted by atomic mass is 9.98. The Morgan fingerprint density at radius 1 is 1.45 bits per heavy atom. The molecule has 1 aromatic carbocycles. The van der Waals surface area contributed by atoms with E-state index in [-0.39, 0.29) is 6.04 Å². The number of nitrogens with zero attached hydrogens (tertiary/aromatic N) is 2. The van der Waals surface area contributed by atoms with Crippen LogP contribution in [-0.4, -0.2) is 9.78 Å². The van der Waals surface area contributed by atoms with Gasteiger partial charge in [0.05, 0.1) is 22.5 Å². The topological polar surface area (TPSA) is 55.9 Å². The Bertz CT molecular complexity index is 624. The van der Waals surface area contributed by atoms with Crippen LogP contribution in [0.5, 0.6) is 0 Å². The van der Waals surface area contributed by atoms with Crippen LogP contribution in [0.15, 0.2) is 22.7 Å². The molecule has 1 heterocycles. The summed E-state index contributed by atoms with van der Waals surface area (Å²) in [4.78, 5) is 0. The number of hydrazine groups is 1. The Morgan fingerprint density at radius 3 is 2.65 bits per heavy atom. The number of rotatable bonds is 4. The first-order chi connectivity index (χ1) is 9.43. The van der Waals surface area contributed by atoms with E-state index in [1.165, 1.54) is 5.56 Å². The lowest BCUT2D eigenvalue weighted by molar-refractivity contribution is 0.528. The van der Waals surface area contributed by atoms with Crippen molar-refractivity contribution in [2.75, 3.05) is 0 Å². The molecule has 0 spiro atoms. The van der Waals surface area contributed by atoms with Gasteiger partial charge in [-0.05, 0) is 37.1 Å². The van der Waals surface area contributed by atoms with Crippen molar-refractivity contribution in [1.29, 1.82) is 0 Å². The fraction of sp³-hybridized carbons (Fsp3) is 0.357. The van der Waals surface area contributed by atoms with Crippen LogP contribution >= 0.6 is 27.5 Å². The van der Waals surface area contributed by atoms with E-state index in [9.17, 15) is 0 Å². The minimum absolute atomic E-state index is 0.00426. The number of aryl methyl sites for hydroxylation is 3. The number of nitrogens with two attached hydrogens (primary N) is 1. The van der Waals surface area contributed by atoms with Crippen LogP contribution in [0.3, 0.4) is 0 Å². The van der Waals surface area contributed by atoms with E-state index in [4.69, 9.17) is 17.4 Å². The van der Waals surface area contributed by atoms with Crippen LogP contribution in [0.25, 0.3) is 0 Å². The molecular weight excluding hydrogens is 340 g/mol. The number of hydrogen-bond acceptors (Lipinski definition) is 3. The molecule has 3 N–H and O–H groups in total. The van der Waals surface area contributed by atoms with E-state index in [0.717, 1.165) is 21.4 Å². The van der Waals surface area contributed by atoms with Crippen LogP contribution in [0, 0.1) is 13.8 Å². The second kappa shape index (κ2) is 6.26. The van der Waals surface area contributed by atoms with Crippen molar-refractivity contribution in [3.05, 3.63) is 50.2 Å². The van der Waals surface area contributed by atoms with Gasteiger partial charge in [-0.3, -0.25) is 16.0 Å².